The summed E-state index contributed by atoms with van der Waals surface area (Å²) in [5.41, 5.74) is 7.03. The number of hydroxylamine groups is 2. The lowest BCUT2D eigenvalue weighted by Crippen LogP contribution is -2.57. The molecule has 2 heterocycles. The van der Waals surface area contributed by atoms with Crippen molar-refractivity contribution in [3.8, 4) is 12.3 Å². The van der Waals surface area contributed by atoms with E-state index < -0.39 is 47.5 Å². The quantitative estimate of drug-likeness (QED) is 0.0254. The second kappa shape index (κ2) is 22.2. The Morgan fingerprint density at radius 3 is 2.57 bits per heavy atom. The molecule has 1 aliphatic heterocycles. The number of nitrogens with two attached hydrogens (primary N) is 1. The van der Waals surface area contributed by atoms with Crippen LogP contribution >= 0.6 is 11.3 Å². The molecule has 14 heteroatoms. The average Bonchev–Trinajstić information content (AvgIpc) is 3.84. The molecule has 0 radical (unpaired) electrons. The van der Waals surface area contributed by atoms with Gasteiger partial charge in [-0.05, 0) is 94.5 Å². The number of ether oxygens (including phenoxy) is 1. The van der Waals surface area contributed by atoms with Gasteiger partial charge in [0.05, 0.1) is 24.1 Å². The zero-order valence-corrected chi connectivity index (χ0v) is 36.5. The molecular weight excluding hydrogens is 757 g/mol. The molecule has 6 atom stereocenters. The predicted octanol–water partition coefficient (Wildman–Crippen LogP) is 6.55. The number of hydrogen-bond acceptors (Lipinski definition) is 11. The first-order valence-electron chi connectivity index (χ1n) is 20.4. The van der Waals surface area contributed by atoms with Crippen LogP contribution in [-0.4, -0.2) is 82.3 Å². The van der Waals surface area contributed by atoms with Gasteiger partial charge >= 0.3 is 11.9 Å². The summed E-state index contributed by atoms with van der Waals surface area (Å²) in [4.78, 5) is 64.2. The van der Waals surface area contributed by atoms with E-state index in [0.29, 0.717) is 36.5 Å². The van der Waals surface area contributed by atoms with Crippen LogP contribution in [0.4, 0.5) is 5.69 Å². The number of carboxylic acids is 1. The number of esters is 1. The summed E-state index contributed by atoms with van der Waals surface area (Å²) in [5.74, 6) is 0.218. The number of terminal acetylenes is 1. The first-order chi connectivity index (χ1) is 27.3. The minimum absolute atomic E-state index is 0.0135. The van der Waals surface area contributed by atoms with Crippen molar-refractivity contribution < 1.29 is 33.9 Å². The van der Waals surface area contributed by atoms with Gasteiger partial charge in [0.15, 0.2) is 6.10 Å². The van der Waals surface area contributed by atoms with Crippen LogP contribution in [0.2, 0.25) is 0 Å². The van der Waals surface area contributed by atoms with Gasteiger partial charge in [-0.15, -0.1) is 23.7 Å². The Morgan fingerprint density at radius 2 is 1.98 bits per heavy atom. The number of anilines is 1. The molecule has 1 aromatic heterocycles. The summed E-state index contributed by atoms with van der Waals surface area (Å²) in [5, 5.41) is 23.5. The first kappa shape index (κ1) is 48.1. The number of carboxylic acid groups (broad SMARTS) is 1. The fourth-order valence-electron chi connectivity index (χ4n) is 7.15. The van der Waals surface area contributed by atoms with Crippen LogP contribution in [0, 0.1) is 29.6 Å². The molecule has 2 amide bonds. The van der Waals surface area contributed by atoms with Crippen molar-refractivity contribution in [3.63, 3.8) is 0 Å². The molecule has 58 heavy (non-hydrogen) atoms. The number of amides is 2. The largest absolute Gasteiger partial charge is 0.481 e. The van der Waals surface area contributed by atoms with Crippen LogP contribution in [0.3, 0.4) is 0 Å². The van der Waals surface area contributed by atoms with Gasteiger partial charge in [-0.3, -0.25) is 24.0 Å². The molecule has 0 bridgehead atoms. The Morgan fingerprint density at radius 1 is 1.26 bits per heavy atom. The number of hydrogen-bond donors (Lipinski definition) is 5. The van der Waals surface area contributed by atoms with Crippen molar-refractivity contribution in [2.45, 2.75) is 137 Å². The highest BCUT2D eigenvalue weighted by Crippen LogP contribution is 2.33. The van der Waals surface area contributed by atoms with E-state index in [4.69, 9.17) is 21.7 Å². The van der Waals surface area contributed by atoms with Crippen molar-refractivity contribution in [1.82, 2.24) is 26.0 Å². The van der Waals surface area contributed by atoms with Gasteiger partial charge in [-0.1, -0.05) is 52.8 Å². The van der Waals surface area contributed by atoms with E-state index >= 15 is 0 Å². The smallest absolute Gasteiger partial charge is 0.309 e. The number of carbonyl (C=O) groups is 4. The first-order valence-corrected chi connectivity index (χ1v) is 21.3. The van der Waals surface area contributed by atoms with Crippen LogP contribution in [0.25, 0.3) is 6.08 Å². The summed E-state index contributed by atoms with van der Waals surface area (Å²) in [6.07, 6.45) is 10.7. The monoisotopic (exact) mass is 822 g/mol. The number of thiazole rings is 1. The third-order valence-corrected chi connectivity index (χ3v) is 11.9. The van der Waals surface area contributed by atoms with Crippen LogP contribution in [0.5, 0.6) is 0 Å². The third-order valence-electron chi connectivity index (χ3n) is 10.9. The van der Waals surface area contributed by atoms with Gasteiger partial charge in [0.1, 0.15) is 10.7 Å². The molecule has 320 valence electrons. The minimum atomic E-state index is -1.15. The number of rotatable bonds is 24. The van der Waals surface area contributed by atoms with Crippen LogP contribution in [0.15, 0.2) is 30.2 Å². The normalized spacial score (nSPS) is 18.1. The van der Waals surface area contributed by atoms with Gasteiger partial charge in [0, 0.05) is 49.0 Å². The number of nitrogen functional groups attached to an aromatic ring is 1. The van der Waals surface area contributed by atoms with Crippen molar-refractivity contribution in [1.29, 1.82) is 0 Å². The van der Waals surface area contributed by atoms with Crippen molar-refractivity contribution in [3.05, 3.63) is 52.0 Å². The van der Waals surface area contributed by atoms with E-state index in [-0.39, 0.29) is 48.4 Å². The molecule has 6 N–H and O–H groups in total. The molecule has 0 unspecified atom stereocenters. The number of unbranched alkanes of at least 4 members (excludes halogenated alkanes) is 1. The van der Waals surface area contributed by atoms with E-state index in [0.717, 1.165) is 48.3 Å². The van der Waals surface area contributed by atoms with E-state index in [1.54, 1.807) is 31.4 Å². The van der Waals surface area contributed by atoms with Crippen molar-refractivity contribution >= 4 is 46.9 Å². The number of nitrogens with zero attached hydrogens (tertiary/aromatic N) is 2. The van der Waals surface area contributed by atoms with E-state index in [2.05, 4.69) is 47.3 Å². The van der Waals surface area contributed by atoms with Crippen molar-refractivity contribution in [2.24, 2.45) is 17.3 Å². The SMILES string of the molecule is C#CCCCON(C(=O)[C@@H](NC[C@@]1(C)CCCN1)[C@@H](C)CC)[C@H](C[C@@H](OC(C)=O)c1nc(C(=O)N[C@@H](Cc2ccc(N)c(C=C)c2)CC(C)(C)C(=O)O)cs1)C(C)C. The summed E-state index contributed by atoms with van der Waals surface area (Å²) >= 11 is 1.16. The third kappa shape index (κ3) is 13.9. The molecule has 0 aliphatic carbocycles. The fraction of sp³-hybridized carbons (Fsp3) is 0.614. The predicted molar refractivity (Wildman–Crippen MR) is 230 cm³/mol. The van der Waals surface area contributed by atoms with Crippen molar-refractivity contribution in [2.75, 3.05) is 25.4 Å². The maximum atomic E-state index is 14.7. The Labute approximate surface area is 349 Å². The minimum Gasteiger partial charge on any atom is -0.481 e. The Balaban J connectivity index is 1.94. The lowest BCUT2D eigenvalue weighted by atomic mass is 9.83. The molecule has 0 saturated carbocycles. The Hall–Kier alpha value is -4.29. The van der Waals surface area contributed by atoms with Crippen LogP contribution < -0.4 is 21.7 Å². The summed E-state index contributed by atoms with van der Waals surface area (Å²) in [6.45, 7) is 20.3. The Bertz CT molecular complexity index is 1750. The molecule has 1 saturated heterocycles. The zero-order chi connectivity index (χ0) is 43.2. The van der Waals surface area contributed by atoms with Crippen LogP contribution in [-0.2, 0) is 30.4 Å². The lowest BCUT2D eigenvalue weighted by Gasteiger charge is -2.39. The number of carbonyl (C=O) groups excluding carboxylic acids is 3. The van der Waals surface area contributed by atoms with E-state index in [9.17, 15) is 24.3 Å². The molecule has 1 aromatic carbocycles. The fourth-order valence-corrected chi connectivity index (χ4v) is 7.99. The molecule has 1 fully saturated rings. The summed E-state index contributed by atoms with van der Waals surface area (Å²) in [7, 11) is 0. The summed E-state index contributed by atoms with van der Waals surface area (Å²) < 4.78 is 5.87. The second-order valence-corrected chi connectivity index (χ2v) is 17.7. The van der Waals surface area contributed by atoms with Gasteiger partial charge in [-0.2, -0.15) is 0 Å². The summed E-state index contributed by atoms with van der Waals surface area (Å²) in [6, 6.07) is 3.78. The molecule has 3 rings (SSSR count). The zero-order valence-electron chi connectivity index (χ0n) is 35.7. The lowest BCUT2D eigenvalue weighted by molar-refractivity contribution is -0.213. The van der Waals surface area contributed by atoms with E-state index in [1.165, 1.54) is 12.0 Å². The topological polar surface area (TPSA) is 185 Å². The maximum Gasteiger partial charge on any atom is 0.309 e. The second-order valence-electron chi connectivity index (χ2n) is 16.8. The van der Waals surface area contributed by atoms with E-state index in [1.807, 2.05) is 32.9 Å². The highest BCUT2D eigenvalue weighted by molar-refractivity contribution is 7.09. The van der Waals surface area contributed by atoms with Gasteiger partial charge in [0.25, 0.3) is 11.8 Å². The highest BCUT2D eigenvalue weighted by Gasteiger charge is 2.39. The number of aromatic nitrogens is 1. The standard InChI is InChI=1S/C44H66N6O7S/c1-11-14-15-21-56-50(41(53)38(29(6)12-2)46-27-44(10)19-16-20-47-44)36(28(4)5)24-37(57-30(7)51)40-49-35(26-58-40)39(52)48-33(25-43(8,9)42(54)55)23-31-17-18-34(45)32(13-3)22-31/h1,13,17-18,22,26,28-29,33,36-38,46-47H,3,12,14-16,19-21,23-25,27,45H2,2,4-10H3,(H,48,52)(H,54,55)/t29-,33-,36+,37+,38-,44+/m0/s1. The Kier molecular flexibility index (Phi) is 18.4. The number of aliphatic carboxylic acids is 1. The molecule has 13 nitrogen and oxygen atoms in total. The van der Waals surface area contributed by atoms with Gasteiger partial charge in [0.2, 0.25) is 0 Å². The number of nitrogens with one attached hydrogen (secondary N) is 3. The highest BCUT2D eigenvalue weighted by atomic mass is 32.1. The molecule has 2 aromatic rings. The average molecular weight is 823 g/mol. The maximum absolute atomic E-state index is 14.7. The van der Waals surface area contributed by atoms with Gasteiger partial charge < -0.3 is 31.5 Å². The molecular formula is C44H66N6O7S. The van der Waals surface area contributed by atoms with Crippen LogP contribution in [0.1, 0.15) is 133 Å². The molecule has 0 spiro atoms. The molecule has 1 aliphatic rings. The van der Waals surface area contributed by atoms with Gasteiger partial charge in [-0.25, -0.2) is 10.0 Å². The number of benzene rings is 1.